The quantitative estimate of drug-likeness (QED) is 0.164. The SMILES string of the molecule is CCOc1ccc(NC(=O)N[C@]2(C)C[C@@H](C(=O)N[C@@H](CC)B3O[C@@H]4C[C@@H]5C[C@@H](C5(C)C)[C@]4(C)O3)n3c2ncc(NCc2cccc(C(F)(F)F)c2)c3=O)cc1. The van der Waals surface area contributed by atoms with Gasteiger partial charge in [-0.15, -0.1) is 0 Å². The van der Waals surface area contributed by atoms with Crippen molar-refractivity contribution in [3.8, 4) is 5.75 Å². The van der Waals surface area contributed by atoms with Crippen LogP contribution in [-0.2, 0) is 32.4 Å². The highest BCUT2D eigenvalue weighted by atomic mass is 19.4. The van der Waals surface area contributed by atoms with Crippen LogP contribution in [0.2, 0.25) is 0 Å². The first-order valence-electron chi connectivity index (χ1n) is 18.9. The van der Waals surface area contributed by atoms with E-state index in [1.165, 1.54) is 22.9 Å². The number of benzene rings is 2. The maximum Gasteiger partial charge on any atom is 0.481 e. The molecule has 1 saturated heterocycles. The van der Waals surface area contributed by atoms with Crippen molar-refractivity contribution in [2.45, 2.75) is 109 Å². The summed E-state index contributed by atoms with van der Waals surface area (Å²) < 4.78 is 60.0. The minimum Gasteiger partial charge on any atom is -0.494 e. The van der Waals surface area contributed by atoms with Gasteiger partial charge in [-0.3, -0.25) is 14.2 Å². The molecule has 3 saturated carbocycles. The number of anilines is 2. The summed E-state index contributed by atoms with van der Waals surface area (Å²) in [5.74, 6) is 0.651. The fourth-order valence-electron chi connectivity index (χ4n) is 9.16. The first-order valence-corrected chi connectivity index (χ1v) is 18.9. The Morgan fingerprint density at radius 2 is 1.84 bits per heavy atom. The number of carbonyl (C=O) groups excluding carboxylic acids is 2. The van der Waals surface area contributed by atoms with Crippen LogP contribution in [0.4, 0.5) is 29.3 Å². The standard InChI is InChI=1S/C39H48BF3N6O6/c1-7-31(40-54-30-18-24-17-29(36(24,3)4)38(30,6)55-40)47-32(50)28-19-37(5,48-35(52)46-25-12-14-26(15-13-25)53-8-2)34-45-21-27(33(51)49(28)34)44-20-22-10-9-11-23(16-22)39(41,42)43/h9-16,21,24,28-31,44H,7-8,17-20H2,1-6H3,(H,47,50)(H2,46,48,52)/t24-,28-,29-,30+,31-,37+,38-/m0/s1. The molecule has 12 nitrogen and oxygen atoms in total. The molecule has 1 aromatic heterocycles. The molecule has 8 rings (SSSR count). The normalized spacial score (nSPS) is 28.0. The lowest BCUT2D eigenvalue weighted by molar-refractivity contribution is -0.199. The van der Waals surface area contributed by atoms with Gasteiger partial charge in [0.15, 0.2) is 0 Å². The molecule has 5 aliphatic rings. The molecule has 7 atom stereocenters. The lowest BCUT2D eigenvalue weighted by Gasteiger charge is -2.64. The first-order chi connectivity index (χ1) is 26.0. The van der Waals surface area contributed by atoms with Gasteiger partial charge in [-0.05, 0) is 99.2 Å². The van der Waals surface area contributed by atoms with Crippen LogP contribution >= 0.6 is 0 Å². The predicted octanol–water partition coefficient (Wildman–Crippen LogP) is 6.42. The van der Waals surface area contributed by atoms with Crippen LogP contribution in [0.5, 0.6) is 5.75 Å². The summed E-state index contributed by atoms with van der Waals surface area (Å²) in [5.41, 5.74) is -2.29. The minimum absolute atomic E-state index is 0.0179. The van der Waals surface area contributed by atoms with Crippen LogP contribution in [0.3, 0.4) is 0 Å². The maximum absolute atomic E-state index is 14.4. The van der Waals surface area contributed by atoms with Crippen molar-refractivity contribution in [2.75, 3.05) is 17.2 Å². The van der Waals surface area contributed by atoms with Crippen LogP contribution < -0.4 is 31.6 Å². The third-order valence-corrected chi connectivity index (χ3v) is 12.3. The number of halogens is 3. The predicted molar refractivity (Wildman–Crippen MR) is 200 cm³/mol. The Morgan fingerprint density at radius 3 is 2.51 bits per heavy atom. The van der Waals surface area contributed by atoms with E-state index in [2.05, 4.69) is 47.0 Å². The molecule has 3 aromatic rings. The average Bonchev–Trinajstić information content (AvgIpc) is 3.64. The molecule has 294 valence electrons. The van der Waals surface area contributed by atoms with Gasteiger partial charge in [0.25, 0.3) is 5.56 Å². The number of urea groups is 1. The number of carbonyl (C=O) groups is 2. The minimum atomic E-state index is -4.53. The molecule has 0 unspecified atom stereocenters. The Labute approximate surface area is 318 Å². The second-order valence-corrected chi connectivity index (χ2v) is 16.2. The van der Waals surface area contributed by atoms with Gasteiger partial charge in [0.1, 0.15) is 23.3 Å². The van der Waals surface area contributed by atoms with Crippen molar-refractivity contribution < 1.29 is 36.8 Å². The molecule has 4 N–H and O–H groups in total. The van der Waals surface area contributed by atoms with E-state index < -0.39 is 59.5 Å². The second-order valence-electron chi connectivity index (χ2n) is 16.2. The molecule has 3 heterocycles. The fourth-order valence-corrected chi connectivity index (χ4v) is 9.16. The number of amides is 3. The molecule has 2 aliphatic heterocycles. The van der Waals surface area contributed by atoms with Gasteiger partial charge in [-0.2, -0.15) is 13.2 Å². The summed E-state index contributed by atoms with van der Waals surface area (Å²) in [5, 5.41) is 11.7. The maximum atomic E-state index is 14.4. The summed E-state index contributed by atoms with van der Waals surface area (Å²) in [6, 6.07) is 9.92. The van der Waals surface area contributed by atoms with Crippen molar-refractivity contribution in [2.24, 2.45) is 17.3 Å². The van der Waals surface area contributed by atoms with E-state index in [1.54, 1.807) is 31.2 Å². The van der Waals surface area contributed by atoms with Crippen molar-refractivity contribution in [1.29, 1.82) is 0 Å². The van der Waals surface area contributed by atoms with E-state index in [1.807, 2.05) is 13.8 Å². The van der Waals surface area contributed by atoms with E-state index in [0.717, 1.165) is 25.0 Å². The summed E-state index contributed by atoms with van der Waals surface area (Å²) in [4.78, 5) is 46.5. The summed E-state index contributed by atoms with van der Waals surface area (Å²) in [7, 11) is -0.695. The topological polar surface area (TPSA) is 145 Å². The second kappa shape index (κ2) is 14.2. The van der Waals surface area contributed by atoms with Crippen molar-refractivity contribution >= 4 is 30.4 Å². The Kier molecular flexibility index (Phi) is 9.98. The number of hydrogen-bond acceptors (Lipinski definition) is 8. The molecule has 2 aromatic carbocycles. The number of aromatic nitrogens is 2. The van der Waals surface area contributed by atoms with Gasteiger partial charge >= 0.3 is 19.3 Å². The number of nitrogens with one attached hydrogen (secondary N) is 4. The Hall–Kier alpha value is -4.57. The smallest absolute Gasteiger partial charge is 0.481 e. The monoisotopic (exact) mass is 764 g/mol. The van der Waals surface area contributed by atoms with E-state index in [9.17, 15) is 27.6 Å². The number of ether oxygens (including phenoxy) is 1. The van der Waals surface area contributed by atoms with Gasteiger partial charge in [0, 0.05) is 18.7 Å². The zero-order valence-electron chi connectivity index (χ0n) is 31.9. The molecule has 55 heavy (non-hydrogen) atoms. The molecule has 4 fully saturated rings. The number of rotatable bonds is 11. The van der Waals surface area contributed by atoms with Crippen LogP contribution in [-0.4, -0.2) is 52.9 Å². The van der Waals surface area contributed by atoms with Gasteiger partial charge in [-0.1, -0.05) is 32.9 Å². The number of hydrogen-bond donors (Lipinski definition) is 4. The Morgan fingerprint density at radius 1 is 1.09 bits per heavy atom. The van der Waals surface area contributed by atoms with E-state index in [0.29, 0.717) is 41.9 Å². The average molecular weight is 765 g/mol. The van der Waals surface area contributed by atoms with Crippen LogP contribution in [0.25, 0.3) is 0 Å². The molecule has 16 heteroatoms. The number of alkyl halides is 3. The number of fused-ring (bicyclic) bond motifs is 1. The highest BCUT2D eigenvalue weighted by Crippen LogP contribution is 2.65. The van der Waals surface area contributed by atoms with Crippen molar-refractivity contribution in [3.63, 3.8) is 0 Å². The highest BCUT2D eigenvalue weighted by Gasteiger charge is 2.68. The zero-order valence-corrected chi connectivity index (χ0v) is 31.9. The molecular weight excluding hydrogens is 716 g/mol. The zero-order chi connectivity index (χ0) is 39.5. The lowest BCUT2D eigenvalue weighted by atomic mass is 9.43. The lowest BCUT2D eigenvalue weighted by Crippen LogP contribution is -2.65. The molecule has 3 aliphatic carbocycles. The summed E-state index contributed by atoms with van der Waals surface area (Å²) in [6.45, 7) is 12.5. The van der Waals surface area contributed by atoms with Crippen LogP contribution in [0.1, 0.15) is 90.2 Å². The summed E-state index contributed by atoms with van der Waals surface area (Å²) in [6.07, 6.45) is -0.910. The van der Waals surface area contributed by atoms with E-state index in [-0.39, 0.29) is 36.0 Å². The first kappa shape index (κ1) is 38.7. The van der Waals surface area contributed by atoms with Crippen molar-refractivity contribution in [1.82, 2.24) is 20.2 Å². The van der Waals surface area contributed by atoms with Crippen molar-refractivity contribution in [3.05, 3.63) is 82.0 Å². The van der Waals surface area contributed by atoms with Gasteiger partial charge in [0.05, 0.1) is 41.6 Å². The molecule has 2 bridgehead atoms. The third-order valence-electron chi connectivity index (χ3n) is 12.3. The van der Waals surface area contributed by atoms with Gasteiger partial charge in [-0.25, -0.2) is 9.78 Å². The van der Waals surface area contributed by atoms with E-state index >= 15 is 0 Å². The summed E-state index contributed by atoms with van der Waals surface area (Å²) >= 11 is 0. The van der Waals surface area contributed by atoms with Gasteiger partial charge < -0.3 is 35.3 Å². The molecule has 0 spiro atoms. The molecular formula is C39H48BF3N6O6. The third kappa shape index (κ3) is 7.07. The van der Waals surface area contributed by atoms with Crippen LogP contribution in [0.15, 0.2) is 59.5 Å². The molecule has 3 amide bonds. The Bertz CT molecular complexity index is 2010. The highest BCUT2D eigenvalue weighted by molar-refractivity contribution is 6.47. The van der Waals surface area contributed by atoms with E-state index in [4.69, 9.17) is 14.0 Å². The fraction of sp³-hybridized carbons (Fsp3) is 0.538. The Balaban J connectivity index is 1.14. The van der Waals surface area contributed by atoms with Crippen LogP contribution in [0, 0.1) is 17.3 Å². The largest absolute Gasteiger partial charge is 0.494 e. The molecule has 0 radical (unpaired) electrons. The van der Waals surface area contributed by atoms with Gasteiger partial charge in [0.2, 0.25) is 5.91 Å². The number of nitrogens with zero attached hydrogens (tertiary/aromatic N) is 2.